The molecule has 1 aromatic rings. The van der Waals surface area contributed by atoms with Crippen molar-refractivity contribution < 1.29 is 9.59 Å². The molecule has 0 saturated heterocycles. The summed E-state index contributed by atoms with van der Waals surface area (Å²) in [5.41, 5.74) is 11.5. The fourth-order valence-electron chi connectivity index (χ4n) is 1.48. The molecule has 0 aliphatic rings. The molecule has 0 radical (unpaired) electrons. The number of hydrogen-bond acceptors (Lipinski definition) is 5. The highest BCUT2D eigenvalue weighted by atomic mass is 32.1. The quantitative estimate of drug-likeness (QED) is 0.578. The van der Waals surface area contributed by atoms with Crippen LogP contribution >= 0.6 is 11.3 Å². The van der Waals surface area contributed by atoms with E-state index in [1.807, 2.05) is 0 Å². The summed E-state index contributed by atoms with van der Waals surface area (Å²) in [6.07, 6.45) is 2.00. The van der Waals surface area contributed by atoms with Gasteiger partial charge in [-0.15, -0.1) is 11.3 Å². The lowest BCUT2D eigenvalue weighted by molar-refractivity contribution is 0.0965. The van der Waals surface area contributed by atoms with E-state index in [1.165, 1.54) is 7.05 Å². The number of carbonyl (C=O) groups is 2. The normalized spacial score (nSPS) is 10.1. The van der Waals surface area contributed by atoms with E-state index in [4.69, 9.17) is 11.5 Å². The minimum atomic E-state index is -0.619. The predicted octanol–water partition coefficient (Wildman–Crippen LogP) is 1.00. The van der Waals surface area contributed by atoms with Crippen molar-refractivity contribution in [3.63, 3.8) is 0 Å². The molecule has 0 atom stereocenters. The molecule has 0 aliphatic heterocycles. The average molecular weight is 270 g/mol. The van der Waals surface area contributed by atoms with Crippen LogP contribution in [0.15, 0.2) is 0 Å². The molecule has 1 aromatic heterocycles. The Labute approximate surface area is 110 Å². The third kappa shape index (κ3) is 2.92. The van der Waals surface area contributed by atoms with E-state index >= 15 is 0 Å². The van der Waals surface area contributed by atoms with E-state index < -0.39 is 5.91 Å². The summed E-state index contributed by atoms with van der Waals surface area (Å²) in [5.74, 6) is -0.943. The maximum atomic E-state index is 11.7. The average Bonchev–Trinajstić information content (AvgIpc) is 2.66. The lowest BCUT2D eigenvalue weighted by Crippen LogP contribution is -2.20. The summed E-state index contributed by atoms with van der Waals surface area (Å²) in [5, 5.41) is 6.21. The number of rotatable bonds is 6. The number of thiophene rings is 1. The van der Waals surface area contributed by atoms with Crippen LogP contribution in [0.4, 0.5) is 10.7 Å². The van der Waals surface area contributed by atoms with Gasteiger partial charge in [0.05, 0.1) is 11.3 Å². The first-order valence-electron chi connectivity index (χ1n) is 5.70. The molecule has 2 amide bonds. The van der Waals surface area contributed by atoms with Crippen molar-refractivity contribution in [1.82, 2.24) is 5.32 Å². The number of nitrogens with one attached hydrogen (secondary N) is 2. The van der Waals surface area contributed by atoms with Crippen molar-refractivity contribution in [2.24, 2.45) is 5.73 Å². The van der Waals surface area contributed by atoms with Gasteiger partial charge in [0.2, 0.25) is 0 Å². The van der Waals surface area contributed by atoms with Gasteiger partial charge in [-0.3, -0.25) is 9.59 Å². The largest absolute Gasteiger partial charge is 0.397 e. The molecule has 0 saturated carbocycles. The predicted molar refractivity (Wildman–Crippen MR) is 74.0 cm³/mol. The number of anilines is 2. The smallest absolute Gasteiger partial charge is 0.260 e. The molecule has 0 aromatic carbocycles. The molecule has 0 bridgehead atoms. The standard InChI is InChI=1S/C11H18N4O2S/c1-3-4-5-15-11-6(10(17)14-2)7(12)8(18-11)9(13)16/h15H,3-5,12H2,1-2H3,(H2,13,16)(H,14,17). The zero-order valence-electron chi connectivity index (χ0n) is 10.5. The second-order valence-electron chi connectivity index (χ2n) is 3.77. The zero-order chi connectivity index (χ0) is 13.7. The summed E-state index contributed by atoms with van der Waals surface area (Å²) in [4.78, 5) is 23.2. The minimum Gasteiger partial charge on any atom is -0.397 e. The highest BCUT2D eigenvalue weighted by molar-refractivity contribution is 7.19. The second kappa shape index (κ2) is 6.25. The molecular weight excluding hydrogens is 252 g/mol. The Balaban J connectivity index is 3.09. The molecule has 1 heterocycles. The first-order valence-corrected chi connectivity index (χ1v) is 6.52. The van der Waals surface area contributed by atoms with Crippen LogP contribution in [-0.4, -0.2) is 25.4 Å². The van der Waals surface area contributed by atoms with Crippen LogP contribution in [0, 0.1) is 0 Å². The first-order chi connectivity index (χ1) is 8.52. The number of nitrogens with two attached hydrogens (primary N) is 2. The molecule has 0 aliphatic carbocycles. The van der Waals surface area contributed by atoms with Crippen LogP contribution < -0.4 is 22.1 Å². The molecular formula is C11H18N4O2S. The van der Waals surface area contributed by atoms with Gasteiger partial charge in [-0.05, 0) is 6.42 Å². The highest BCUT2D eigenvalue weighted by Crippen LogP contribution is 2.35. The molecule has 0 spiro atoms. The van der Waals surface area contributed by atoms with Crippen molar-refractivity contribution in [3.8, 4) is 0 Å². The molecule has 6 N–H and O–H groups in total. The van der Waals surface area contributed by atoms with Gasteiger partial charge < -0.3 is 22.1 Å². The van der Waals surface area contributed by atoms with Crippen molar-refractivity contribution in [2.75, 3.05) is 24.6 Å². The van der Waals surface area contributed by atoms with Gasteiger partial charge in [-0.2, -0.15) is 0 Å². The maximum Gasteiger partial charge on any atom is 0.260 e. The fourth-order valence-corrected chi connectivity index (χ4v) is 2.48. The van der Waals surface area contributed by atoms with Crippen LogP contribution in [0.25, 0.3) is 0 Å². The molecule has 1 rings (SSSR count). The molecule has 0 fully saturated rings. The number of nitrogen functional groups attached to an aromatic ring is 1. The molecule has 18 heavy (non-hydrogen) atoms. The van der Waals surface area contributed by atoms with Gasteiger partial charge in [0, 0.05) is 13.6 Å². The van der Waals surface area contributed by atoms with E-state index in [9.17, 15) is 9.59 Å². The Morgan fingerprint density at radius 3 is 2.56 bits per heavy atom. The van der Waals surface area contributed by atoms with Crippen molar-refractivity contribution in [3.05, 3.63) is 10.4 Å². The Kier molecular flexibility index (Phi) is 4.96. The molecule has 6 nitrogen and oxygen atoms in total. The van der Waals surface area contributed by atoms with Crippen molar-refractivity contribution in [2.45, 2.75) is 19.8 Å². The maximum absolute atomic E-state index is 11.7. The topological polar surface area (TPSA) is 110 Å². The summed E-state index contributed by atoms with van der Waals surface area (Å²) >= 11 is 1.12. The van der Waals surface area contributed by atoms with Crippen molar-refractivity contribution >= 4 is 33.8 Å². The molecule has 7 heteroatoms. The summed E-state index contributed by atoms with van der Waals surface area (Å²) in [6, 6.07) is 0. The zero-order valence-corrected chi connectivity index (χ0v) is 11.3. The lowest BCUT2D eigenvalue weighted by Gasteiger charge is -2.06. The molecule has 100 valence electrons. The van der Waals surface area contributed by atoms with Gasteiger partial charge in [0.25, 0.3) is 11.8 Å². The number of amides is 2. The third-order valence-corrected chi connectivity index (χ3v) is 3.62. The Morgan fingerprint density at radius 2 is 2.06 bits per heavy atom. The van der Waals surface area contributed by atoms with Gasteiger partial charge in [-0.1, -0.05) is 13.3 Å². The van der Waals surface area contributed by atoms with Gasteiger partial charge in [-0.25, -0.2) is 0 Å². The molecule has 0 unspecified atom stereocenters. The number of hydrogen-bond donors (Lipinski definition) is 4. The van der Waals surface area contributed by atoms with Crippen LogP contribution in [0.3, 0.4) is 0 Å². The number of carbonyl (C=O) groups excluding carboxylic acids is 2. The number of primary amides is 1. The van der Waals surface area contributed by atoms with E-state index in [0.717, 1.165) is 30.7 Å². The third-order valence-electron chi connectivity index (χ3n) is 2.44. The fraction of sp³-hybridized carbons (Fsp3) is 0.455. The Bertz CT molecular complexity index is 456. The minimum absolute atomic E-state index is 0.144. The van der Waals surface area contributed by atoms with Gasteiger partial charge in [0.15, 0.2) is 0 Å². The van der Waals surface area contributed by atoms with E-state index in [-0.39, 0.29) is 16.5 Å². The van der Waals surface area contributed by atoms with E-state index in [1.54, 1.807) is 0 Å². The van der Waals surface area contributed by atoms with E-state index in [2.05, 4.69) is 17.6 Å². The second-order valence-corrected chi connectivity index (χ2v) is 4.79. The lowest BCUT2D eigenvalue weighted by atomic mass is 10.2. The Hall–Kier alpha value is -1.76. The SMILES string of the molecule is CCCCNc1sc(C(N)=O)c(N)c1C(=O)NC. The van der Waals surface area contributed by atoms with Crippen LogP contribution in [0.5, 0.6) is 0 Å². The first kappa shape index (κ1) is 14.3. The van der Waals surface area contributed by atoms with Crippen LogP contribution in [0.2, 0.25) is 0 Å². The van der Waals surface area contributed by atoms with Crippen LogP contribution in [-0.2, 0) is 0 Å². The van der Waals surface area contributed by atoms with Crippen LogP contribution in [0.1, 0.15) is 39.8 Å². The van der Waals surface area contributed by atoms with E-state index in [0.29, 0.717) is 10.6 Å². The van der Waals surface area contributed by atoms with Gasteiger partial charge >= 0.3 is 0 Å². The summed E-state index contributed by atoms with van der Waals surface area (Å²) in [7, 11) is 1.51. The monoisotopic (exact) mass is 270 g/mol. The van der Waals surface area contributed by atoms with Crippen molar-refractivity contribution in [1.29, 1.82) is 0 Å². The highest BCUT2D eigenvalue weighted by Gasteiger charge is 2.23. The summed E-state index contributed by atoms with van der Waals surface area (Å²) in [6.45, 7) is 2.79. The summed E-state index contributed by atoms with van der Waals surface area (Å²) < 4.78 is 0. The Morgan fingerprint density at radius 1 is 1.39 bits per heavy atom. The number of unbranched alkanes of at least 4 members (excludes halogenated alkanes) is 1. The van der Waals surface area contributed by atoms with Gasteiger partial charge in [0.1, 0.15) is 9.88 Å².